The molecule has 17 heavy (non-hydrogen) atoms. The Kier molecular flexibility index (Phi) is 3.54. The summed E-state index contributed by atoms with van der Waals surface area (Å²) >= 11 is 5.94. The van der Waals surface area contributed by atoms with Gasteiger partial charge in [0.05, 0.1) is 23.2 Å². The van der Waals surface area contributed by atoms with Crippen LogP contribution in [0.25, 0.3) is 0 Å². The van der Waals surface area contributed by atoms with Crippen molar-refractivity contribution in [2.75, 3.05) is 25.2 Å². The maximum Gasteiger partial charge on any atom is 0.337 e. The first kappa shape index (κ1) is 12.2. The number of anilines is 1. The van der Waals surface area contributed by atoms with Gasteiger partial charge in [-0.05, 0) is 24.6 Å². The molecule has 1 aliphatic rings. The zero-order valence-corrected chi connectivity index (χ0v) is 10.3. The van der Waals surface area contributed by atoms with Crippen molar-refractivity contribution in [1.82, 2.24) is 0 Å². The number of carboxylic acid groups (broad SMARTS) is 1. The van der Waals surface area contributed by atoms with E-state index in [1.165, 1.54) is 6.07 Å². The first-order valence-corrected chi connectivity index (χ1v) is 5.81. The Balaban J connectivity index is 2.21. The van der Waals surface area contributed by atoms with Gasteiger partial charge < -0.3 is 14.7 Å². The summed E-state index contributed by atoms with van der Waals surface area (Å²) in [6, 6.07) is 5.32. The highest BCUT2D eigenvalue weighted by molar-refractivity contribution is 6.33. The maximum atomic E-state index is 10.8. The molecule has 0 aromatic heterocycles. The van der Waals surface area contributed by atoms with Gasteiger partial charge in [-0.1, -0.05) is 11.6 Å². The van der Waals surface area contributed by atoms with Crippen LogP contribution >= 0.6 is 11.6 Å². The number of aromatic carboxylic acids is 1. The van der Waals surface area contributed by atoms with Crippen LogP contribution in [0.5, 0.6) is 0 Å². The van der Waals surface area contributed by atoms with Crippen LogP contribution in [0.15, 0.2) is 18.2 Å². The Morgan fingerprint density at radius 1 is 1.59 bits per heavy atom. The van der Waals surface area contributed by atoms with Crippen LogP contribution in [-0.2, 0) is 4.74 Å². The predicted molar refractivity (Wildman–Crippen MR) is 66.0 cm³/mol. The number of nitrogens with zero attached hydrogens (tertiary/aromatic N) is 1. The highest BCUT2D eigenvalue weighted by atomic mass is 35.5. The summed E-state index contributed by atoms with van der Waals surface area (Å²) in [5, 5.41) is 9.15. The Morgan fingerprint density at radius 3 is 2.88 bits per heavy atom. The Hall–Kier alpha value is -1.26. The molecule has 0 amide bonds. The van der Waals surface area contributed by atoms with Crippen molar-refractivity contribution in [2.24, 2.45) is 0 Å². The zero-order valence-electron chi connectivity index (χ0n) is 9.52. The number of halogens is 1. The molecule has 0 aliphatic carbocycles. The van der Waals surface area contributed by atoms with Crippen LogP contribution in [0, 0.1) is 0 Å². The number of rotatable bonds is 3. The van der Waals surface area contributed by atoms with Crippen LogP contribution in [0.1, 0.15) is 16.8 Å². The van der Waals surface area contributed by atoms with Crippen molar-refractivity contribution in [3.05, 3.63) is 28.8 Å². The van der Waals surface area contributed by atoms with E-state index in [0.29, 0.717) is 12.6 Å². The molecule has 1 N–H and O–H groups in total. The van der Waals surface area contributed by atoms with E-state index in [4.69, 9.17) is 21.4 Å². The molecule has 1 fully saturated rings. The number of hydrogen-bond acceptors (Lipinski definition) is 3. The smallest absolute Gasteiger partial charge is 0.337 e. The highest BCUT2D eigenvalue weighted by Gasteiger charge is 2.21. The molecular weight excluding hydrogens is 242 g/mol. The largest absolute Gasteiger partial charge is 0.478 e. The first-order valence-electron chi connectivity index (χ1n) is 5.43. The van der Waals surface area contributed by atoms with E-state index < -0.39 is 5.97 Å². The monoisotopic (exact) mass is 255 g/mol. The van der Waals surface area contributed by atoms with E-state index in [9.17, 15) is 4.79 Å². The quantitative estimate of drug-likeness (QED) is 0.900. The summed E-state index contributed by atoms with van der Waals surface area (Å²) in [5.74, 6) is -1.01. The summed E-state index contributed by atoms with van der Waals surface area (Å²) in [6.45, 7) is 1.48. The molecule has 1 aromatic carbocycles. The fourth-order valence-corrected chi connectivity index (χ4v) is 2.19. The van der Waals surface area contributed by atoms with E-state index in [-0.39, 0.29) is 10.6 Å². The van der Waals surface area contributed by atoms with Crippen molar-refractivity contribution in [2.45, 2.75) is 12.5 Å². The number of carboxylic acids is 1. The lowest BCUT2D eigenvalue weighted by Crippen LogP contribution is -2.31. The van der Waals surface area contributed by atoms with Crippen LogP contribution in [0.2, 0.25) is 5.02 Å². The number of carbonyl (C=O) groups is 1. The van der Waals surface area contributed by atoms with Gasteiger partial charge in [-0.3, -0.25) is 0 Å². The Bertz CT molecular complexity index is 430. The third-order valence-corrected chi connectivity index (χ3v) is 3.36. The molecule has 0 saturated carbocycles. The maximum absolute atomic E-state index is 10.8. The van der Waals surface area contributed by atoms with Gasteiger partial charge in [0.2, 0.25) is 0 Å². The van der Waals surface area contributed by atoms with Gasteiger partial charge in [-0.25, -0.2) is 4.79 Å². The fourth-order valence-electron chi connectivity index (χ4n) is 1.94. The van der Waals surface area contributed by atoms with Crippen LogP contribution < -0.4 is 4.90 Å². The summed E-state index contributed by atoms with van der Waals surface area (Å²) in [4.78, 5) is 12.9. The standard InChI is InChI=1S/C12H14ClNO3/c1-14(9-4-5-17-7-9)8-2-3-10(12(15)16)11(13)6-8/h2-3,6,9H,4-5,7H2,1H3,(H,15,16). The molecule has 1 saturated heterocycles. The van der Waals surface area contributed by atoms with E-state index >= 15 is 0 Å². The molecule has 1 unspecified atom stereocenters. The van der Waals surface area contributed by atoms with E-state index in [2.05, 4.69) is 4.90 Å². The lowest BCUT2D eigenvalue weighted by atomic mass is 10.1. The molecule has 1 aliphatic heterocycles. The van der Waals surface area contributed by atoms with Gasteiger partial charge in [0.15, 0.2) is 0 Å². The second-order valence-corrected chi connectivity index (χ2v) is 4.50. The van der Waals surface area contributed by atoms with Crippen molar-refractivity contribution < 1.29 is 14.6 Å². The van der Waals surface area contributed by atoms with Crippen LogP contribution in [0.4, 0.5) is 5.69 Å². The van der Waals surface area contributed by atoms with Gasteiger partial charge in [0.1, 0.15) is 0 Å². The highest BCUT2D eigenvalue weighted by Crippen LogP contribution is 2.26. The van der Waals surface area contributed by atoms with Gasteiger partial charge in [-0.2, -0.15) is 0 Å². The van der Waals surface area contributed by atoms with Gasteiger partial charge in [0.25, 0.3) is 0 Å². The summed E-state index contributed by atoms with van der Waals surface area (Å²) in [7, 11) is 1.96. The SMILES string of the molecule is CN(c1ccc(C(=O)O)c(Cl)c1)C1CCOC1. The minimum Gasteiger partial charge on any atom is -0.478 e. The lowest BCUT2D eigenvalue weighted by molar-refractivity contribution is 0.0697. The van der Waals surface area contributed by atoms with E-state index in [0.717, 1.165) is 18.7 Å². The van der Waals surface area contributed by atoms with Crippen molar-refractivity contribution >= 4 is 23.3 Å². The minimum absolute atomic E-state index is 0.131. The number of ether oxygens (including phenoxy) is 1. The minimum atomic E-state index is -1.01. The number of likely N-dealkylation sites (N-methyl/N-ethyl adjacent to an activating group) is 1. The molecule has 2 rings (SSSR count). The Labute approximate surface area is 105 Å². The molecular formula is C12H14ClNO3. The van der Waals surface area contributed by atoms with Crippen LogP contribution in [-0.4, -0.2) is 37.4 Å². The van der Waals surface area contributed by atoms with Gasteiger partial charge >= 0.3 is 5.97 Å². The number of hydrogen-bond donors (Lipinski definition) is 1. The topological polar surface area (TPSA) is 49.8 Å². The fraction of sp³-hybridized carbons (Fsp3) is 0.417. The van der Waals surface area contributed by atoms with E-state index in [1.54, 1.807) is 12.1 Å². The zero-order chi connectivity index (χ0) is 12.4. The molecule has 92 valence electrons. The molecule has 1 heterocycles. The second-order valence-electron chi connectivity index (χ2n) is 4.10. The molecule has 0 radical (unpaired) electrons. The van der Waals surface area contributed by atoms with Crippen molar-refractivity contribution in [1.29, 1.82) is 0 Å². The molecule has 0 bridgehead atoms. The average molecular weight is 256 g/mol. The molecule has 1 aromatic rings. The number of benzene rings is 1. The normalized spacial score (nSPS) is 19.3. The third-order valence-electron chi connectivity index (χ3n) is 3.04. The summed E-state index contributed by atoms with van der Waals surface area (Å²) < 4.78 is 5.32. The molecule has 4 nitrogen and oxygen atoms in total. The lowest BCUT2D eigenvalue weighted by Gasteiger charge is -2.25. The van der Waals surface area contributed by atoms with Gasteiger partial charge in [-0.15, -0.1) is 0 Å². The van der Waals surface area contributed by atoms with Crippen molar-refractivity contribution in [3.63, 3.8) is 0 Å². The van der Waals surface area contributed by atoms with Gasteiger partial charge in [0, 0.05) is 19.3 Å². The third kappa shape index (κ3) is 2.53. The van der Waals surface area contributed by atoms with Crippen molar-refractivity contribution in [3.8, 4) is 0 Å². The average Bonchev–Trinajstić information content (AvgIpc) is 2.80. The molecule has 0 spiro atoms. The Morgan fingerprint density at radius 2 is 2.35 bits per heavy atom. The van der Waals surface area contributed by atoms with Crippen LogP contribution in [0.3, 0.4) is 0 Å². The summed E-state index contributed by atoms with van der Waals surface area (Å²) in [6.07, 6.45) is 0.981. The summed E-state index contributed by atoms with van der Waals surface area (Å²) in [5.41, 5.74) is 1.04. The first-order chi connectivity index (χ1) is 8.09. The second kappa shape index (κ2) is 4.94. The molecule has 1 atom stereocenters. The van der Waals surface area contributed by atoms with E-state index in [1.807, 2.05) is 7.05 Å². The molecule has 5 heteroatoms. The predicted octanol–water partition coefficient (Wildman–Crippen LogP) is 2.26.